The summed E-state index contributed by atoms with van der Waals surface area (Å²) < 4.78 is 5.68. The Morgan fingerprint density at radius 2 is 1.67 bits per heavy atom. The Balaban J connectivity index is 1.60. The number of carbonyl (C=O) groups is 4. The van der Waals surface area contributed by atoms with Crippen molar-refractivity contribution in [3.63, 3.8) is 0 Å². The van der Waals surface area contributed by atoms with Gasteiger partial charge >= 0.3 is 11.9 Å². The predicted octanol–water partition coefficient (Wildman–Crippen LogP) is 5.23. The average Bonchev–Trinajstić information content (AvgIpc) is 3.35. The molecule has 8 nitrogen and oxygen atoms in total. The zero-order valence-electron chi connectivity index (χ0n) is 16.6. The number of aromatic carboxylic acids is 2. The maximum Gasteiger partial charge on any atom is 0.335 e. The number of rotatable bonds is 6. The number of halogens is 1. The molecule has 2 heterocycles. The fourth-order valence-electron chi connectivity index (χ4n) is 3.16. The van der Waals surface area contributed by atoms with Crippen LogP contribution in [0.4, 0.5) is 4.79 Å². The van der Waals surface area contributed by atoms with E-state index < -0.39 is 23.1 Å². The monoisotopic (exact) mass is 483 g/mol. The predicted molar refractivity (Wildman–Crippen MR) is 121 cm³/mol. The van der Waals surface area contributed by atoms with Gasteiger partial charge in [0.25, 0.3) is 11.1 Å². The molecule has 2 aromatic carbocycles. The molecule has 10 heteroatoms. The minimum Gasteiger partial charge on any atom is -0.478 e. The quantitative estimate of drug-likeness (QED) is 0.456. The number of carbonyl (C=O) groups excluding carboxylic acids is 2. The lowest BCUT2D eigenvalue weighted by molar-refractivity contribution is -0.123. The van der Waals surface area contributed by atoms with Gasteiger partial charge in [-0.15, -0.1) is 0 Å². The standard InChI is InChI=1S/C23H14ClNO7S/c24-17-4-2-1-3-12(17)11-25-20(26)19(33-23(25)31)10-16-5-6-18(32-16)13-7-14(21(27)28)9-15(8-13)22(29)30/h1-10H,11H2,(H,27,28)(H,29,30)/b19-10+. The molecule has 33 heavy (non-hydrogen) atoms. The van der Waals surface area contributed by atoms with Gasteiger partial charge in [0.15, 0.2) is 0 Å². The molecule has 3 aromatic rings. The number of thioether (sulfide) groups is 1. The second-order valence-electron chi connectivity index (χ2n) is 6.97. The molecule has 2 N–H and O–H groups in total. The highest BCUT2D eigenvalue weighted by Crippen LogP contribution is 2.35. The SMILES string of the molecule is O=C(O)c1cc(C(=O)O)cc(-c2ccc(/C=C3/SC(=O)N(Cc4ccccc4Cl)C3=O)o2)c1. The summed E-state index contributed by atoms with van der Waals surface area (Å²) in [5, 5.41) is 18.5. The van der Waals surface area contributed by atoms with Crippen LogP contribution in [0, 0.1) is 0 Å². The van der Waals surface area contributed by atoms with Gasteiger partial charge in [0.2, 0.25) is 0 Å². The van der Waals surface area contributed by atoms with Crippen molar-refractivity contribution in [3.8, 4) is 11.3 Å². The van der Waals surface area contributed by atoms with Gasteiger partial charge in [-0.05, 0) is 53.7 Å². The van der Waals surface area contributed by atoms with Gasteiger partial charge in [-0.2, -0.15) is 0 Å². The molecule has 166 valence electrons. The van der Waals surface area contributed by atoms with Crippen LogP contribution in [-0.2, 0) is 11.3 Å². The van der Waals surface area contributed by atoms with E-state index in [9.17, 15) is 29.4 Å². The van der Waals surface area contributed by atoms with Crippen LogP contribution in [-0.4, -0.2) is 38.2 Å². The van der Waals surface area contributed by atoms with E-state index in [1.807, 2.05) is 0 Å². The van der Waals surface area contributed by atoms with Gasteiger partial charge in [-0.1, -0.05) is 29.8 Å². The highest BCUT2D eigenvalue weighted by Gasteiger charge is 2.35. The van der Waals surface area contributed by atoms with Crippen molar-refractivity contribution in [2.75, 3.05) is 0 Å². The topological polar surface area (TPSA) is 125 Å². The largest absolute Gasteiger partial charge is 0.478 e. The molecular weight excluding hydrogens is 470 g/mol. The number of furan rings is 1. The van der Waals surface area contributed by atoms with Crippen molar-refractivity contribution in [2.45, 2.75) is 6.54 Å². The van der Waals surface area contributed by atoms with E-state index in [0.29, 0.717) is 10.6 Å². The first-order valence-electron chi connectivity index (χ1n) is 9.43. The molecule has 0 radical (unpaired) electrons. The molecule has 0 saturated carbocycles. The number of nitrogens with zero attached hydrogens (tertiary/aromatic N) is 1. The smallest absolute Gasteiger partial charge is 0.335 e. The Hall–Kier alpha value is -3.82. The molecular formula is C23H14ClNO7S. The number of hydrogen-bond acceptors (Lipinski definition) is 6. The summed E-state index contributed by atoms with van der Waals surface area (Å²) >= 11 is 6.89. The van der Waals surface area contributed by atoms with Gasteiger partial charge in [0, 0.05) is 16.7 Å². The average molecular weight is 484 g/mol. The molecule has 1 saturated heterocycles. The molecule has 1 aliphatic heterocycles. The number of imide groups is 1. The van der Waals surface area contributed by atoms with Crippen molar-refractivity contribution < 1.29 is 33.8 Å². The van der Waals surface area contributed by atoms with E-state index in [0.717, 1.165) is 22.7 Å². The molecule has 0 bridgehead atoms. The fraction of sp³-hybridized carbons (Fsp3) is 0.0435. The van der Waals surface area contributed by atoms with E-state index in [1.165, 1.54) is 30.3 Å². The van der Waals surface area contributed by atoms with Crippen LogP contribution in [0.25, 0.3) is 17.4 Å². The third-order valence-corrected chi connectivity index (χ3v) is 6.05. The summed E-state index contributed by atoms with van der Waals surface area (Å²) in [6.45, 7) is 0.0328. The molecule has 2 amide bonds. The molecule has 0 atom stereocenters. The fourth-order valence-corrected chi connectivity index (χ4v) is 4.18. The lowest BCUT2D eigenvalue weighted by Crippen LogP contribution is -2.27. The Bertz CT molecular complexity index is 1310. The first-order valence-corrected chi connectivity index (χ1v) is 10.6. The summed E-state index contributed by atoms with van der Waals surface area (Å²) in [6, 6.07) is 13.6. The zero-order chi connectivity index (χ0) is 23.7. The molecule has 1 aliphatic rings. The van der Waals surface area contributed by atoms with E-state index in [-0.39, 0.29) is 39.7 Å². The Kier molecular flexibility index (Phi) is 6.08. The van der Waals surface area contributed by atoms with Crippen LogP contribution in [0.3, 0.4) is 0 Å². The first-order chi connectivity index (χ1) is 15.7. The van der Waals surface area contributed by atoms with E-state index in [1.54, 1.807) is 24.3 Å². The van der Waals surface area contributed by atoms with E-state index in [4.69, 9.17) is 16.0 Å². The summed E-state index contributed by atoms with van der Waals surface area (Å²) in [5.41, 5.74) is 0.474. The third kappa shape index (κ3) is 4.69. The normalized spacial score (nSPS) is 14.8. The summed E-state index contributed by atoms with van der Waals surface area (Å²) in [6.07, 6.45) is 1.40. The molecule has 0 spiro atoms. The number of carboxylic acid groups (broad SMARTS) is 2. The number of hydrogen-bond donors (Lipinski definition) is 2. The minimum atomic E-state index is -1.28. The van der Waals surface area contributed by atoms with Gasteiger partial charge in [0.05, 0.1) is 22.6 Å². The van der Waals surface area contributed by atoms with Crippen molar-refractivity contribution in [2.24, 2.45) is 0 Å². The maximum atomic E-state index is 12.8. The molecule has 0 aliphatic carbocycles. The van der Waals surface area contributed by atoms with Crippen LogP contribution in [0.2, 0.25) is 5.02 Å². The van der Waals surface area contributed by atoms with Gasteiger partial charge < -0.3 is 14.6 Å². The summed E-state index contributed by atoms with van der Waals surface area (Å²) in [4.78, 5) is 49.0. The molecule has 4 rings (SSSR count). The Morgan fingerprint density at radius 1 is 1.00 bits per heavy atom. The van der Waals surface area contributed by atoms with E-state index >= 15 is 0 Å². The first kappa shape index (κ1) is 22.4. The molecule has 1 fully saturated rings. The van der Waals surface area contributed by atoms with E-state index in [2.05, 4.69) is 0 Å². The second-order valence-corrected chi connectivity index (χ2v) is 8.37. The highest BCUT2D eigenvalue weighted by atomic mass is 35.5. The van der Waals surface area contributed by atoms with Crippen molar-refractivity contribution in [1.82, 2.24) is 4.90 Å². The van der Waals surface area contributed by atoms with Crippen LogP contribution < -0.4 is 0 Å². The van der Waals surface area contributed by atoms with Crippen LogP contribution in [0.15, 0.2) is 63.9 Å². The van der Waals surface area contributed by atoms with Crippen molar-refractivity contribution in [3.05, 3.63) is 87.0 Å². The summed E-state index contributed by atoms with van der Waals surface area (Å²) in [5.74, 6) is -2.60. The minimum absolute atomic E-state index is 0.0328. The third-order valence-electron chi connectivity index (χ3n) is 4.77. The van der Waals surface area contributed by atoms with Crippen LogP contribution >= 0.6 is 23.4 Å². The summed E-state index contributed by atoms with van der Waals surface area (Å²) in [7, 11) is 0. The maximum absolute atomic E-state index is 12.8. The zero-order valence-corrected chi connectivity index (χ0v) is 18.2. The highest BCUT2D eigenvalue weighted by molar-refractivity contribution is 8.18. The van der Waals surface area contributed by atoms with Crippen molar-refractivity contribution >= 4 is 52.5 Å². The Labute approximate surface area is 196 Å². The lowest BCUT2D eigenvalue weighted by atomic mass is 10.0. The number of amides is 2. The van der Waals surface area contributed by atoms with Gasteiger partial charge in [-0.3, -0.25) is 14.5 Å². The van der Waals surface area contributed by atoms with Gasteiger partial charge in [-0.25, -0.2) is 9.59 Å². The molecule has 1 aromatic heterocycles. The number of benzene rings is 2. The van der Waals surface area contributed by atoms with Crippen molar-refractivity contribution in [1.29, 1.82) is 0 Å². The Morgan fingerprint density at radius 3 is 2.30 bits per heavy atom. The number of carboxylic acids is 2. The second kappa shape index (κ2) is 8.97. The molecule has 0 unspecified atom stereocenters. The van der Waals surface area contributed by atoms with Crippen LogP contribution in [0.1, 0.15) is 32.0 Å². The lowest BCUT2D eigenvalue weighted by Gasteiger charge is -2.13. The van der Waals surface area contributed by atoms with Crippen LogP contribution in [0.5, 0.6) is 0 Å². The van der Waals surface area contributed by atoms with Gasteiger partial charge in [0.1, 0.15) is 11.5 Å².